The molecule has 1 aromatic heterocycles. The Bertz CT molecular complexity index is 544. The summed E-state index contributed by atoms with van der Waals surface area (Å²) >= 11 is 0. The molecule has 5 heteroatoms. The highest BCUT2D eigenvalue weighted by Crippen LogP contribution is 2.31. The Hall–Kier alpha value is -2.30. The molecule has 0 N–H and O–H groups in total. The lowest BCUT2D eigenvalue weighted by molar-refractivity contribution is 0.362. The number of aryl methyl sites for hydroxylation is 1. The third-order valence-corrected chi connectivity index (χ3v) is 2.40. The maximum Gasteiger partial charge on any atom is 0.242 e. The normalized spacial score (nSPS) is 9.94. The van der Waals surface area contributed by atoms with Crippen LogP contribution in [0.1, 0.15) is 5.56 Å². The Balaban J connectivity index is 2.28. The van der Waals surface area contributed by atoms with Crippen LogP contribution in [0.2, 0.25) is 0 Å². The fourth-order valence-corrected chi connectivity index (χ4v) is 1.46. The van der Waals surface area contributed by atoms with E-state index in [0.717, 1.165) is 5.56 Å². The summed E-state index contributed by atoms with van der Waals surface area (Å²) in [5, 5.41) is 7.84. The maximum atomic E-state index is 5.68. The molecule has 0 spiro atoms. The first-order valence-electron chi connectivity index (χ1n) is 5.43. The summed E-state index contributed by atoms with van der Waals surface area (Å²) in [7, 11) is 3.14. The van der Waals surface area contributed by atoms with Crippen LogP contribution in [0.25, 0.3) is 0 Å². The predicted molar refractivity (Wildman–Crippen MR) is 66.4 cm³/mol. The van der Waals surface area contributed by atoms with Crippen LogP contribution in [0.3, 0.4) is 0 Å². The van der Waals surface area contributed by atoms with Gasteiger partial charge in [0.2, 0.25) is 11.8 Å². The number of methoxy groups -OCH3 is 2. The molecule has 0 saturated heterocycles. The van der Waals surface area contributed by atoms with Gasteiger partial charge >= 0.3 is 0 Å². The van der Waals surface area contributed by atoms with Crippen molar-refractivity contribution in [2.24, 2.45) is 0 Å². The molecule has 0 radical (unpaired) electrons. The molecule has 0 aliphatic heterocycles. The zero-order valence-electron chi connectivity index (χ0n) is 10.5. The molecule has 2 aromatic rings. The zero-order chi connectivity index (χ0) is 13.0. The highest BCUT2D eigenvalue weighted by Gasteiger charge is 2.09. The van der Waals surface area contributed by atoms with Crippen LogP contribution in [0.15, 0.2) is 30.3 Å². The van der Waals surface area contributed by atoms with Crippen molar-refractivity contribution in [2.75, 3.05) is 14.2 Å². The van der Waals surface area contributed by atoms with E-state index in [0.29, 0.717) is 23.3 Å². The number of hydrogen-bond acceptors (Lipinski definition) is 5. The van der Waals surface area contributed by atoms with Crippen molar-refractivity contribution < 1.29 is 14.2 Å². The van der Waals surface area contributed by atoms with Crippen molar-refractivity contribution in [3.63, 3.8) is 0 Å². The summed E-state index contributed by atoms with van der Waals surface area (Å²) in [4.78, 5) is 0. The van der Waals surface area contributed by atoms with Gasteiger partial charge in [-0.15, -0.1) is 10.2 Å². The van der Waals surface area contributed by atoms with Crippen LogP contribution in [0, 0.1) is 6.92 Å². The summed E-state index contributed by atoms with van der Waals surface area (Å²) in [6.07, 6.45) is 0. The first-order chi connectivity index (χ1) is 8.74. The average molecular weight is 246 g/mol. The third-order valence-electron chi connectivity index (χ3n) is 2.40. The number of rotatable bonds is 4. The van der Waals surface area contributed by atoms with E-state index in [-0.39, 0.29) is 0 Å². The van der Waals surface area contributed by atoms with Gasteiger partial charge in [0.25, 0.3) is 0 Å². The lowest BCUT2D eigenvalue weighted by Gasteiger charge is -2.10. The number of para-hydroxylation sites is 2. The standard InChI is InChI=1S/C13H14N2O3/c1-9-8-12(17-3)14-15-13(9)18-11-7-5-4-6-10(11)16-2/h4-8H,1-3H3. The molecule has 5 nitrogen and oxygen atoms in total. The Kier molecular flexibility index (Phi) is 3.62. The van der Waals surface area contributed by atoms with Crippen molar-refractivity contribution in [1.82, 2.24) is 10.2 Å². The molecule has 0 aliphatic rings. The second-order valence-electron chi connectivity index (χ2n) is 3.63. The fourth-order valence-electron chi connectivity index (χ4n) is 1.46. The van der Waals surface area contributed by atoms with Gasteiger partial charge in [-0.2, -0.15) is 0 Å². The van der Waals surface area contributed by atoms with E-state index in [1.54, 1.807) is 20.3 Å². The molecule has 18 heavy (non-hydrogen) atoms. The molecular weight excluding hydrogens is 232 g/mol. The SMILES string of the molecule is COc1cc(C)c(Oc2ccccc2OC)nn1. The lowest BCUT2D eigenvalue weighted by atomic mass is 10.3. The fraction of sp³-hybridized carbons (Fsp3) is 0.231. The minimum atomic E-state index is 0.431. The first kappa shape index (κ1) is 12.2. The number of nitrogens with zero attached hydrogens (tertiary/aromatic N) is 2. The topological polar surface area (TPSA) is 53.5 Å². The van der Waals surface area contributed by atoms with Crippen LogP contribution in [-0.4, -0.2) is 24.4 Å². The van der Waals surface area contributed by atoms with Gasteiger partial charge in [-0.05, 0) is 19.1 Å². The van der Waals surface area contributed by atoms with Crippen LogP contribution in [0.4, 0.5) is 0 Å². The molecule has 0 saturated carbocycles. The van der Waals surface area contributed by atoms with E-state index < -0.39 is 0 Å². The van der Waals surface area contributed by atoms with Gasteiger partial charge in [0, 0.05) is 11.6 Å². The maximum absolute atomic E-state index is 5.68. The number of aromatic nitrogens is 2. The average Bonchev–Trinajstić information content (AvgIpc) is 2.41. The molecule has 0 bridgehead atoms. The third kappa shape index (κ3) is 2.51. The quantitative estimate of drug-likeness (QED) is 0.830. The molecule has 0 fully saturated rings. The van der Waals surface area contributed by atoms with Gasteiger partial charge in [-0.1, -0.05) is 12.1 Å². The van der Waals surface area contributed by atoms with Crippen LogP contribution in [-0.2, 0) is 0 Å². The summed E-state index contributed by atoms with van der Waals surface area (Å²) in [5.41, 5.74) is 0.841. The largest absolute Gasteiger partial charge is 0.493 e. The first-order valence-corrected chi connectivity index (χ1v) is 5.43. The Morgan fingerprint density at radius 1 is 0.944 bits per heavy atom. The molecule has 94 valence electrons. The number of ether oxygens (including phenoxy) is 3. The lowest BCUT2D eigenvalue weighted by Crippen LogP contribution is -1.97. The summed E-state index contributed by atoms with van der Waals surface area (Å²) < 4.78 is 15.9. The molecular formula is C13H14N2O3. The zero-order valence-corrected chi connectivity index (χ0v) is 10.5. The van der Waals surface area contributed by atoms with E-state index in [1.165, 1.54) is 0 Å². The number of hydrogen-bond donors (Lipinski definition) is 0. The smallest absolute Gasteiger partial charge is 0.242 e. The van der Waals surface area contributed by atoms with Gasteiger partial charge in [0.15, 0.2) is 11.5 Å². The van der Waals surface area contributed by atoms with Gasteiger partial charge in [-0.3, -0.25) is 0 Å². The molecule has 2 rings (SSSR count). The van der Waals surface area contributed by atoms with Crippen molar-refractivity contribution >= 4 is 0 Å². The van der Waals surface area contributed by atoms with Gasteiger partial charge < -0.3 is 14.2 Å². The highest BCUT2D eigenvalue weighted by molar-refractivity contribution is 5.42. The van der Waals surface area contributed by atoms with E-state index in [9.17, 15) is 0 Å². The van der Waals surface area contributed by atoms with Gasteiger partial charge in [0.1, 0.15) is 0 Å². The molecule has 0 amide bonds. The monoisotopic (exact) mass is 246 g/mol. The second kappa shape index (κ2) is 5.35. The van der Waals surface area contributed by atoms with Crippen molar-refractivity contribution in [3.8, 4) is 23.3 Å². The van der Waals surface area contributed by atoms with E-state index in [4.69, 9.17) is 14.2 Å². The van der Waals surface area contributed by atoms with Crippen molar-refractivity contribution in [1.29, 1.82) is 0 Å². The summed E-state index contributed by atoms with van der Waals surface area (Å²) in [6.45, 7) is 1.88. The molecule has 1 heterocycles. The number of benzene rings is 1. The van der Waals surface area contributed by atoms with E-state index >= 15 is 0 Å². The predicted octanol–water partition coefficient (Wildman–Crippen LogP) is 2.59. The van der Waals surface area contributed by atoms with Gasteiger partial charge in [0.05, 0.1) is 14.2 Å². The molecule has 0 atom stereocenters. The Morgan fingerprint density at radius 2 is 1.67 bits per heavy atom. The van der Waals surface area contributed by atoms with Gasteiger partial charge in [-0.25, -0.2) is 0 Å². The minimum Gasteiger partial charge on any atom is -0.493 e. The Morgan fingerprint density at radius 3 is 2.28 bits per heavy atom. The summed E-state index contributed by atoms with van der Waals surface area (Å²) in [6, 6.07) is 9.13. The second-order valence-corrected chi connectivity index (χ2v) is 3.63. The van der Waals surface area contributed by atoms with Crippen LogP contribution >= 0.6 is 0 Å². The van der Waals surface area contributed by atoms with E-state index in [1.807, 2.05) is 31.2 Å². The molecule has 1 aromatic carbocycles. The Labute approximate surface area is 105 Å². The van der Waals surface area contributed by atoms with Crippen LogP contribution in [0.5, 0.6) is 23.3 Å². The molecule has 0 unspecified atom stereocenters. The highest BCUT2D eigenvalue weighted by atomic mass is 16.5. The minimum absolute atomic E-state index is 0.431. The summed E-state index contributed by atoms with van der Waals surface area (Å²) in [5.74, 6) is 2.14. The van der Waals surface area contributed by atoms with Crippen molar-refractivity contribution in [2.45, 2.75) is 6.92 Å². The van der Waals surface area contributed by atoms with Crippen molar-refractivity contribution in [3.05, 3.63) is 35.9 Å². The molecule has 0 aliphatic carbocycles. The van der Waals surface area contributed by atoms with Crippen LogP contribution < -0.4 is 14.2 Å². The van der Waals surface area contributed by atoms with E-state index in [2.05, 4.69) is 10.2 Å².